The summed E-state index contributed by atoms with van der Waals surface area (Å²) in [5, 5.41) is 12.3. The zero-order chi connectivity index (χ0) is 14.1. The number of nitrogens with one attached hydrogen (secondary N) is 1. The van der Waals surface area contributed by atoms with Crippen LogP contribution in [0.4, 0.5) is 0 Å². The first-order valence-electron chi connectivity index (χ1n) is 6.50. The molecule has 1 unspecified atom stereocenters. The second-order valence-electron chi connectivity index (χ2n) is 4.96. The van der Waals surface area contributed by atoms with E-state index in [1.165, 1.54) is 0 Å². The van der Waals surface area contributed by atoms with Crippen LogP contribution >= 0.6 is 0 Å². The number of nitriles is 1. The normalized spacial score (nSPS) is 13.8. The highest BCUT2D eigenvalue weighted by molar-refractivity contribution is 5.20. The first-order chi connectivity index (χ1) is 9.06. The molecule has 0 saturated carbocycles. The molecule has 1 rings (SSSR count). The van der Waals surface area contributed by atoms with Gasteiger partial charge in [0.15, 0.2) is 0 Å². The smallest absolute Gasteiger partial charge is 0.127 e. The molecular formula is C15H22N2O2. The van der Waals surface area contributed by atoms with Gasteiger partial charge in [0.25, 0.3) is 0 Å². The molecule has 0 bridgehead atoms. The second-order valence-corrected chi connectivity index (χ2v) is 4.96. The van der Waals surface area contributed by atoms with E-state index < -0.39 is 5.54 Å². The Morgan fingerprint density at radius 3 is 2.53 bits per heavy atom. The summed E-state index contributed by atoms with van der Waals surface area (Å²) in [4.78, 5) is 0. The summed E-state index contributed by atoms with van der Waals surface area (Å²) in [5.41, 5.74) is -0.652. The minimum atomic E-state index is -0.652. The van der Waals surface area contributed by atoms with Crippen LogP contribution in [-0.2, 0) is 4.74 Å². The molecule has 0 amide bonds. The Hall–Kier alpha value is -1.57. The monoisotopic (exact) mass is 262 g/mol. The Bertz CT molecular complexity index is 400. The molecule has 4 heteroatoms. The lowest BCUT2D eigenvalue weighted by atomic mass is 10.1. The van der Waals surface area contributed by atoms with Crippen LogP contribution in [0.5, 0.6) is 5.75 Å². The quantitative estimate of drug-likeness (QED) is 0.731. The number of ether oxygens (including phenoxy) is 2. The van der Waals surface area contributed by atoms with Gasteiger partial charge in [0.1, 0.15) is 17.9 Å². The predicted molar refractivity (Wildman–Crippen MR) is 75.0 cm³/mol. The van der Waals surface area contributed by atoms with Crippen molar-refractivity contribution in [2.24, 2.45) is 0 Å². The Kier molecular flexibility index (Phi) is 6.34. The Balaban J connectivity index is 2.21. The van der Waals surface area contributed by atoms with E-state index in [-0.39, 0.29) is 6.04 Å². The number of rotatable bonds is 8. The van der Waals surface area contributed by atoms with Gasteiger partial charge in [0.2, 0.25) is 0 Å². The van der Waals surface area contributed by atoms with Crippen molar-refractivity contribution in [2.45, 2.75) is 32.4 Å². The van der Waals surface area contributed by atoms with Gasteiger partial charge >= 0.3 is 0 Å². The van der Waals surface area contributed by atoms with E-state index in [9.17, 15) is 0 Å². The van der Waals surface area contributed by atoms with Crippen LogP contribution in [0.2, 0.25) is 0 Å². The van der Waals surface area contributed by atoms with Crippen molar-refractivity contribution in [1.82, 2.24) is 5.32 Å². The zero-order valence-corrected chi connectivity index (χ0v) is 11.8. The maximum absolute atomic E-state index is 9.14. The largest absolute Gasteiger partial charge is 0.491 e. The van der Waals surface area contributed by atoms with Crippen LogP contribution in [0.15, 0.2) is 30.3 Å². The van der Waals surface area contributed by atoms with Gasteiger partial charge in [-0.2, -0.15) is 5.26 Å². The van der Waals surface area contributed by atoms with Gasteiger partial charge in [-0.15, -0.1) is 0 Å². The van der Waals surface area contributed by atoms with Crippen molar-refractivity contribution >= 4 is 0 Å². The maximum atomic E-state index is 9.14. The lowest BCUT2D eigenvalue weighted by Crippen LogP contribution is -2.48. The molecule has 4 nitrogen and oxygen atoms in total. The standard InChI is InChI=1S/C15H22N2O2/c1-13(2)17-15(3,11-16)12-18-9-10-19-14-7-5-4-6-8-14/h4-8,13,17H,9-10,12H2,1-3H3. The first-order valence-corrected chi connectivity index (χ1v) is 6.50. The molecule has 1 aromatic rings. The molecule has 0 aliphatic rings. The first kappa shape index (κ1) is 15.5. The SMILES string of the molecule is CC(C)NC(C)(C#N)COCCOc1ccccc1. The molecule has 0 aromatic heterocycles. The van der Waals surface area contributed by atoms with E-state index in [1.54, 1.807) is 0 Å². The lowest BCUT2D eigenvalue weighted by Gasteiger charge is -2.25. The van der Waals surface area contributed by atoms with Crippen LogP contribution < -0.4 is 10.1 Å². The van der Waals surface area contributed by atoms with Crippen molar-refractivity contribution in [2.75, 3.05) is 19.8 Å². The summed E-state index contributed by atoms with van der Waals surface area (Å²) in [6.45, 7) is 7.15. The van der Waals surface area contributed by atoms with E-state index in [4.69, 9.17) is 14.7 Å². The Labute approximate surface area is 115 Å². The zero-order valence-electron chi connectivity index (χ0n) is 11.8. The average molecular weight is 262 g/mol. The third kappa shape index (κ3) is 6.23. The number of hydrogen-bond acceptors (Lipinski definition) is 4. The fraction of sp³-hybridized carbons (Fsp3) is 0.533. The number of hydrogen-bond donors (Lipinski definition) is 1. The number of benzene rings is 1. The van der Waals surface area contributed by atoms with Crippen LogP contribution in [0, 0.1) is 11.3 Å². The average Bonchev–Trinajstić information content (AvgIpc) is 2.39. The van der Waals surface area contributed by atoms with E-state index in [2.05, 4.69) is 11.4 Å². The minimum Gasteiger partial charge on any atom is -0.491 e. The molecule has 104 valence electrons. The van der Waals surface area contributed by atoms with Crippen molar-refractivity contribution in [3.05, 3.63) is 30.3 Å². The molecule has 1 aromatic carbocycles. The highest BCUT2D eigenvalue weighted by Gasteiger charge is 2.24. The summed E-state index contributed by atoms with van der Waals surface area (Å²) in [6, 6.07) is 12.1. The van der Waals surface area contributed by atoms with E-state index in [0.717, 1.165) is 5.75 Å². The van der Waals surface area contributed by atoms with Gasteiger partial charge in [-0.25, -0.2) is 0 Å². The lowest BCUT2D eigenvalue weighted by molar-refractivity contribution is 0.0690. The van der Waals surface area contributed by atoms with Gasteiger partial charge in [-0.1, -0.05) is 18.2 Å². The molecule has 0 radical (unpaired) electrons. The van der Waals surface area contributed by atoms with Gasteiger partial charge in [0.05, 0.1) is 19.3 Å². The third-order valence-corrected chi connectivity index (χ3v) is 2.48. The van der Waals surface area contributed by atoms with Crippen LogP contribution in [0.3, 0.4) is 0 Å². The van der Waals surface area contributed by atoms with E-state index in [0.29, 0.717) is 19.8 Å². The van der Waals surface area contributed by atoms with Gasteiger partial charge in [-0.3, -0.25) is 5.32 Å². The van der Waals surface area contributed by atoms with Crippen molar-refractivity contribution in [1.29, 1.82) is 5.26 Å². The summed E-state index contributed by atoms with van der Waals surface area (Å²) in [6.07, 6.45) is 0. The molecular weight excluding hydrogens is 240 g/mol. The summed E-state index contributed by atoms with van der Waals surface area (Å²) >= 11 is 0. The van der Waals surface area contributed by atoms with Crippen molar-refractivity contribution < 1.29 is 9.47 Å². The van der Waals surface area contributed by atoms with Crippen LogP contribution in [0.25, 0.3) is 0 Å². The molecule has 0 spiro atoms. The van der Waals surface area contributed by atoms with Gasteiger partial charge < -0.3 is 9.47 Å². The number of nitrogens with zero attached hydrogens (tertiary/aromatic N) is 1. The molecule has 0 saturated heterocycles. The number of para-hydroxylation sites is 1. The topological polar surface area (TPSA) is 54.3 Å². The molecule has 0 aliphatic heterocycles. The van der Waals surface area contributed by atoms with E-state index >= 15 is 0 Å². The fourth-order valence-electron chi connectivity index (χ4n) is 1.75. The molecule has 1 atom stereocenters. The van der Waals surface area contributed by atoms with Crippen molar-refractivity contribution in [3.63, 3.8) is 0 Å². The molecule has 0 heterocycles. The Morgan fingerprint density at radius 2 is 1.95 bits per heavy atom. The molecule has 19 heavy (non-hydrogen) atoms. The summed E-state index contributed by atoms with van der Waals surface area (Å²) in [7, 11) is 0. The minimum absolute atomic E-state index is 0.244. The molecule has 0 aliphatic carbocycles. The highest BCUT2D eigenvalue weighted by atomic mass is 16.5. The van der Waals surface area contributed by atoms with Crippen LogP contribution in [-0.4, -0.2) is 31.4 Å². The van der Waals surface area contributed by atoms with Crippen molar-refractivity contribution in [3.8, 4) is 11.8 Å². The van der Waals surface area contributed by atoms with Crippen LogP contribution in [0.1, 0.15) is 20.8 Å². The summed E-state index contributed by atoms with van der Waals surface area (Å²) < 4.78 is 11.0. The van der Waals surface area contributed by atoms with Gasteiger partial charge in [-0.05, 0) is 32.9 Å². The third-order valence-electron chi connectivity index (χ3n) is 2.48. The highest BCUT2D eigenvalue weighted by Crippen LogP contribution is 2.08. The fourth-order valence-corrected chi connectivity index (χ4v) is 1.75. The molecule has 1 N–H and O–H groups in total. The molecule has 0 fully saturated rings. The van der Waals surface area contributed by atoms with Gasteiger partial charge in [0, 0.05) is 6.04 Å². The Morgan fingerprint density at radius 1 is 1.26 bits per heavy atom. The maximum Gasteiger partial charge on any atom is 0.127 e. The van der Waals surface area contributed by atoms with E-state index in [1.807, 2.05) is 51.1 Å². The predicted octanol–water partition coefficient (Wildman–Crippen LogP) is 2.36. The summed E-state index contributed by atoms with van der Waals surface area (Å²) in [5.74, 6) is 0.828. The second kappa shape index (κ2) is 7.78.